The lowest BCUT2D eigenvalue weighted by Crippen LogP contribution is -1.96. The van der Waals surface area contributed by atoms with E-state index >= 15 is 0 Å². The van der Waals surface area contributed by atoms with Crippen molar-refractivity contribution in [3.63, 3.8) is 0 Å². The van der Waals surface area contributed by atoms with E-state index in [1.54, 1.807) is 57.5 Å². The van der Waals surface area contributed by atoms with Gasteiger partial charge in [0.25, 0.3) is 0 Å². The van der Waals surface area contributed by atoms with Gasteiger partial charge < -0.3 is 14.2 Å². The van der Waals surface area contributed by atoms with Gasteiger partial charge in [0.1, 0.15) is 0 Å². The topological polar surface area (TPSA) is 62.6 Å². The van der Waals surface area contributed by atoms with Crippen molar-refractivity contribution in [2.24, 2.45) is 7.05 Å². The smallest absolute Gasteiger partial charge is 0.203 e. The first-order chi connectivity index (χ1) is 10.6. The molecule has 0 saturated carbocycles. The van der Waals surface area contributed by atoms with Gasteiger partial charge in [-0.2, -0.15) is 5.10 Å². The van der Waals surface area contributed by atoms with Crippen LogP contribution in [0.1, 0.15) is 15.9 Å². The van der Waals surface area contributed by atoms with Gasteiger partial charge in [-0.3, -0.25) is 9.48 Å². The normalized spacial score (nSPS) is 10.7. The number of nitrogens with zero attached hydrogens (tertiary/aromatic N) is 2. The molecule has 22 heavy (non-hydrogen) atoms. The predicted octanol–water partition coefficient (Wildman–Crippen LogP) is 2.34. The van der Waals surface area contributed by atoms with Crippen LogP contribution in [0, 0.1) is 0 Å². The van der Waals surface area contributed by atoms with Crippen molar-refractivity contribution in [1.82, 2.24) is 9.78 Å². The van der Waals surface area contributed by atoms with E-state index < -0.39 is 0 Å². The molecule has 6 nitrogen and oxygen atoms in total. The summed E-state index contributed by atoms with van der Waals surface area (Å²) in [6.45, 7) is 0. The van der Waals surface area contributed by atoms with Gasteiger partial charge >= 0.3 is 0 Å². The fourth-order valence-electron chi connectivity index (χ4n) is 2.01. The van der Waals surface area contributed by atoms with Crippen LogP contribution in [0.15, 0.2) is 30.6 Å². The van der Waals surface area contributed by atoms with Crippen LogP contribution in [0.4, 0.5) is 0 Å². The van der Waals surface area contributed by atoms with Gasteiger partial charge in [-0.15, -0.1) is 0 Å². The summed E-state index contributed by atoms with van der Waals surface area (Å²) in [5.41, 5.74) is 1.30. The Balaban J connectivity index is 2.29. The molecule has 2 rings (SSSR count). The zero-order valence-corrected chi connectivity index (χ0v) is 13.0. The quantitative estimate of drug-likeness (QED) is 0.605. The number of methoxy groups -OCH3 is 3. The number of hydrogen-bond acceptors (Lipinski definition) is 5. The van der Waals surface area contributed by atoms with Crippen LogP contribution < -0.4 is 14.2 Å². The maximum Gasteiger partial charge on any atom is 0.203 e. The second kappa shape index (κ2) is 6.80. The first-order valence-electron chi connectivity index (χ1n) is 6.60. The second-order valence-corrected chi connectivity index (χ2v) is 4.56. The number of ketones is 1. The Hall–Kier alpha value is -2.76. The number of ether oxygens (including phenoxy) is 3. The van der Waals surface area contributed by atoms with Crippen molar-refractivity contribution in [2.75, 3.05) is 21.3 Å². The van der Waals surface area contributed by atoms with Gasteiger partial charge in [0, 0.05) is 13.2 Å². The van der Waals surface area contributed by atoms with Gasteiger partial charge in [-0.05, 0) is 23.8 Å². The van der Waals surface area contributed by atoms with Crippen molar-refractivity contribution in [1.29, 1.82) is 0 Å². The maximum absolute atomic E-state index is 12.0. The largest absolute Gasteiger partial charge is 0.493 e. The van der Waals surface area contributed by atoms with E-state index in [2.05, 4.69) is 5.10 Å². The van der Waals surface area contributed by atoms with Gasteiger partial charge in [0.2, 0.25) is 5.75 Å². The zero-order chi connectivity index (χ0) is 16.1. The third kappa shape index (κ3) is 3.28. The number of hydrogen-bond donors (Lipinski definition) is 0. The highest BCUT2D eigenvalue weighted by Gasteiger charge is 2.12. The number of rotatable bonds is 6. The Morgan fingerprint density at radius 1 is 1.14 bits per heavy atom. The summed E-state index contributed by atoms with van der Waals surface area (Å²) in [5, 5.41) is 3.98. The molecule has 1 heterocycles. The first kappa shape index (κ1) is 15.6. The molecule has 0 N–H and O–H groups in total. The molecule has 0 saturated heterocycles. The van der Waals surface area contributed by atoms with Crippen molar-refractivity contribution in [2.45, 2.75) is 0 Å². The number of aryl methyl sites for hydroxylation is 1. The Morgan fingerprint density at radius 3 is 2.23 bits per heavy atom. The van der Waals surface area contributed by atoms with Gasteiger partial charge in [0.15, 0.2) is 17.3 Å². The average molecular weight is 302 g/mol. The molecule has 0 aliphatic carbocycles. The molecule has 0 fully saturated rings. The summed E-state index contributed by atoms with van der Waals surface area (Å²) in [6.07, 6.45) is 6.38. The molecule has 0 atom stereocenters. The third-order valence-corrected chi connectivity index (χ3v) is 3.10. The van der Waals surface area contributed by atoms with Crippen LogP contribution in [0.2, 0.25) is 0 Å². The predicted molar refractivity (Wildman–Crippen MR) is 82.7 cm³/mol. The number of carbonyl (C=O) groups is 1. The molecule has 0 spiro atoms. The number of carbonyl (C=O) groups excluding carboxylic acids is 1. The van der Waals surface area contributed by atoms with E-state index in [4.69, 9.17) is 14.2 Å². The fourth-order valence-corrected chi connectivity index (χ4v) is 2.01. The molecule has 0 amide bonds. The Labute approximate surface area is 128 Å². The van der Waals surface area contributed by atoms with Crippen LogP contribution in [-0.4, -0.2) is 36.9 Å². The molecule has 0 unspecified atom stereocenters. The molecule has 0 bridgehead atoms. The summed E-state index contributed by atoms with van der Waals surface area (Å²) in [4.78, 5) is 12.0. The van der Waals surface area contributed by atoms with Gasteiger partial charge in [-0.1, -0.05) is 6.08 Å². The minimum atomic E-state index is -0.123. The Kier molecular flexibility index (Phi) is 4.83. The summed E-state index contributed by atoms with van der Waals surface area (Å²) in [5.74, 6) is 1.47. The molecule has 0 aliphatic heterocycles. The molecule has 0 radical (unpaired) electrons. The molecule has 6 heteroatoms. The lowest BCUT2D eigenvalue weighted by Gasteiger charge is -2.12. The highest BCUT2D eigenvalue weighted by atomic mass is 16.5. The number of allylic oxidation sites excluding steroid dienone is 1. The molecular formula is C16H18N2O4. The fraction of sp³-hybridized carbons (Fsp3) is 0.250. The SMILES string of the molecule is COc1cc(C=CC(=O)c2cnn(C)c2)cc(OC)c1OC. The Bertz CT molecular complexity index is 679. The van der Waals surface area contributed by atoms with E-state index in [-0.39, 0.29) is 5.78 Å². The van der Waals surface area contributed by atoms with E-state index in [1.165, 1.54) is 12.3 Å². The van der Waals surface area contributed by atoms with Crippen molar-refractivity contribution in [3.05, 3.63) is 41.7 Å². The number of benzene rings is 1. The van der Waals surface area contributed by atoms with Crippen LogP contribution >= 0.6 is 0 Å². The summed E-state index contributed by atoms with van der Waals surface area (Å²) in [7, 11) is 6.40. The van der Waals surface area contributed by atoms with Crippen LogP contribution in [0.3, 0.4) is 0 Å². The zero-order valence-electron chi connectivity index (χ0n) is 13.0. The van der Waals surface area contributed by atoms with Crippen LogP contribution in [-0.2, 0) is 7.05 Å². The van der Waals surface area contributed by atoms with E-state index in [0.29, 0.717) is 22.8 Å². The van der Waals surface area contributed by atoms with Gasteiger partial charge in [0.05, 0.1) is 33.1 Å². The molecule has 1 aromatic heterocycles. The summed E-state index contributed by atoms with van der Waals surface area (Å²) in [6, 6.07) is 3.54. The van der Waals surface area contributed by atoms with Crippen molar-refractivity contribution >= 4 is 11.9 Å². The van der Waals surface area contributed by atoms with Crippen molar-refractivity contribution in [3.8, 4) is 17.2 Å². The van der Waals surface area contributed by atoms with E-state index in [0.717, 1.165) is 5.56 Å². The lowest BCUT2D eigenvalue weighted by molar-refractivity contribution is 0.104. The summed E-state index contributed by atoms with van der Waals surface area (Å²) >= 11 is 0. The molecule has 0 aliphatic rings. The lowest BCUT2D eigenvalue weighted by atomic mass is 10.1. The van der Waals surface area contributed by atoms with Crippen molar-refractivity contribution < 1.29 is 19.0 Å². The minimum absolute atomic E-state index is 0.123. The highest BCUT2D eigenvalue weighted by Crippen LogP contribution is 2.38. The third-order valence-electron chi connectivity index (χ3n) is 3.10. The monoisotopic (exact) mass is 302 g/mol. The van der Waals surface area contributed by atoms with Crippen LogP contribution in [0.5, 0.6) is 17.2 Å². The molecular weight excluding hydrogens is 284 g/mol. The second-order valence-electron chi connectivity index (χ2n) is 4.56. The molecule has 116 valence electrons. The standard InChI is InChI=1S/C16H18N2O4/c1-18-10-12(9-17-18)13(19)6-5-11-7-14(20-2)16(22-4)15(8-11)21-3/h5-10H,1-4H3. The van der Waals surface area contributed by atoms with E-state index in [9.17, 15) is 4.79 Å². The number of aromatic nitrogens is 2. The summed E-state index contributed by atoms with van der Waals surface area (Å²) < 4.78 is 17.4. The maximum atomic E-state index is 12.0. The Morgan fingerprint density at radius 2 is 1.77 bits per heavy atom. The van der Waals surface area contributed by atoms with Gasteiger partial charge in [-0.25, -0.2) is 0 Å². The van der Waals surface area contributed by atoms with Crippen LogP contribution in [0.25, 0.3) is 6.08 Å². The average Bonchev–Trinajstić information content (AvgIpc) is 2.97. The molecule has 2 aromatic rings. The highest BCUT2D eigenvalue weighted by molar-refractivity contribution is 6.06. The van der Waals surface area contributed by atoms with E-state index in [1.807, 2.05) is 0 Å². The minimum Gasteiger partial charge on any atom is -0.493 e. The first-order valence-corrected chi connectivity index (χ1v) is 6.60. The molecule has 1 aromatic carbocycles.